The van der Waals surface area contributed by atoms with Gasteiger partial charge in [0.15, 0.2) is 0 Å². The Bertz CT molecular complexity index is 1660. The van der Waals surface area contributed by atoms with E-state index in [-0.39, 0.29) is 0 Å². The maximum absolute atomic E-state index is 6.24. The summed E-state index contributed by atoms with van der Waals surface area (Å²) in [7, 11) is 12.5. The second kappa shape index (κ2) is 13.2. The molecule has 0 heterocycles. The molecule has 0 bridgehead atoms. The summed E-state index contributed by atoms with van der Waals surface area (Å²) in [5.41, 5.74) is 5.56. The van der Waals surface area contributed by atoms with Crippen molar-refractivity contribution in [3.05, 3.63) is 162 Å². The second-order valence-electron chi connectivity index (χ2n) is 10.7. The normalized spacial score (nSPS) is 13.0. The van der Waals surface area contributed by atoms with Gasteiger partial charge in [0.05, 0.1) is 0 Å². The molecule has 0 aromatic heterocycles. The van der Waals surface area contributed by atoms with E-state index in [1.807, 2.05) is 36.4 Å². The van der Waals surface area contributed by atoms with E-state index < -0.39 is 18.9 Å². The first-order valence-electron chi connectivity index (χ1n) is 13.5. The van der Waals surface area contributed by atoms with E-state index >= 15 is 0 Å². The summed E-state index contributed by atoms with van der Waals surface area (Å²) >= 11 is -2.44. The van der Waals surface area contributed by atoms with E-state index in [4.69, 9.17) is 17.0 Å². The van der Waals surface area contributed by atoms with E-state index in [1.54, 1.807) is 0 Å². The first-order chi connectivity index (χ1) is 19.4. The molecule has 0 spiro atoms. The molecule has 0 radical (unpaired) electrons. The van der Waals surface area contributed by atoms with Crippen molar-refractivity contribution < 1.29 is 18.9 Å². The number of hydrogen-bond donors (Lipinski definition) is 0. The summed E-state index contributed by atoms with van der Waals surface area (Å²) in [4.78, 5) is 0. The summed E-state index contributed by atoms with van der Waals surface area (Å²) in [6, 6.07) is 46.1. The van der Waals surface area contributed by atoms with Crippen LogP contribution in [0.1, 0.15) is 36.1 Å². The zero-order valence-corrected chi connectivity index (χ0v) is 26.8. The Balaban J connectivity index is 0.000000123. The number of rotatable bonds is 2. The van der Waals surface area contributed by atoms with Gasteiger partial charge in [0.1, 0.15) is 0 Å². The maximum atomic E-state index is 6.24. The van der Waals surface area contributed by atoms with Gasteiger partial charge in [-0.15, -0.1) is 58.0 Å². The number of allylic oxidation sites excluding steroid dienone is 1. The van der Waals surface area contributed by atoms with Crippen molar-refractivity contribution in [2.75, 3.05) is 0 Å². The molecule has 3 heteroatoms. The predicted octanol–water partition coefficient (Wildman–Crippen LogP) is 10.9. The van der Waals surface area contributed by atoms with Crippen LogP contribution in [0.25, 0.3) is 27.6 Å². The molecule has 0 amide bonds. The van der Waals surface area contributed by atoms with Crippen molar-refractivity contribution in [2.45, 2.75) is 20.3 Å². The van der Waals surface area contributed by atoms with Crippen molar-refractivity contribution in [3.63, 3.8) is 0 Å². The van der Waals surface area contributed by atoms with Crippen LogP contribution in [0.3, 0.4) is 0 Å². The van der Waals surface area contributed by atoms with Crippen molar-refractivity contribution in [1.29, 1.82) is 0 Å². The summed E-state index contributed by atoms with van der Waals surface area (Å²) in [6.45, 7) is 4.55. The first-order valence-corrected chi connectivity index (χ1v) is 21.1. The maximum Gasteiger partial charge on any atom is -0.0771 e. The molecule has 0 saturated heterocycles. The van der Waals surface area contributed by atoms with Crippen LogP contribution in [0.4, 0.5) is 0 Å². The molecule has 200 valence electrons. The summed E-state index contributed by atoms with van der Waals surface area (Å²) in [5.74, 6) is 0. The Labute approximate surface area is 252 Å². The van der Waals surface area contributed by atoms with Gasteiger partial charge in [0.2, 0.25) is 0 Å². The smallest absolute Gasteiger partial charge is 0.0771 e. The molecular weight excluding hydrogens is 607 g/mol. The molecule has 0 aliphatic heterocycles. The zero-order valence-electron chi connectivity index (χ0n) is 22.8. The SMILES string of the molecule is CC1(C)C=Cc2[cH-]ccc2C1.[Cl][Zr]([Cl])=[C](c1ccccc1)c1ccccc1.c1ccc2c(c1)[cH-]c1ccccc12. The fourth-order valence-electron chi connectivity index (χ4n) is 5.16. The van der Waals surface area contributed by atoms with Crippen LogP contribution in [0.2, 0.25) is 0 Å². The van der Waals surface area contributed by atoms with Crippen LogP contribution in [-0.4, -0.2) is 3.21 Å². The standard InChI is InChI=1S/C13H9.C13H10.C11H13.2ClH.Zr/c1-3-7-12-10(5-1)9-11-6-2-4-8-13(11)12;1-3-7-12(8-4-1)11-13-9-5-2-6-10-13;1-11(2)7-6-9-4-3-5-10(9)8-11;;;/h1-9H;1-10H;3-7H,8H2,1-2H3;2*1H;/q-1;;-1;;;+2/p-2. The van der Waals surface area contributed by atoms with Gasteiger partial charge in [-0.05, 0) is 5.41 Å². The van der Waals surface area contributed by atoms with Crippen LogP contribution >= 0.6 is 17.0 Å². The third-order valence-electron chi connectivity index (χ3n) is 7.14. The number of halogens is 2. The number of benzene rings is 4. The van der Waals surface area contributed by atoms with Gasteiger partial charge in [0, 0.05) is 0 Å². The van der Waals surface area contributed by atoms with E-state index in [9.17, 15) is 0 Å². The Hall–Kier alpha value is -2.83. The fourth-order valence-corrected chi connectivity index (χ4v) is 9.63. The molecule has 1 aliphatic rings. The minimum atomic E-state index is -2.44. The van der Waals surface area contributed by atoms with Gasteiger partial charge in [-0.2, -0.15) is 23.3 Å². The minimum Gasteiger partial charge on any atom is -0.126 e. The van der Waals surface area contributed by atoms with Gasteiger partial charge in [-0.1, -0.05) is 56.7 Å². The largest absolute Gasteiger partial charge is 0.126 e. The van der Waals surface area contributed by atoms with Crippen LogP contribution in [0.5, 0.6) is 0 Å². The van der Waals surface area contributed by atoms with Crippen LogP contribution in [0, 0.1) is 5.41 Å². The second-order valence-corrected chi connectivity index (χ2v) is 18.8. The minimum absolute atomic E-state index is 0.362. The summed E-state index contributed by atoms with van der Waals surface area (Å²) in [5, 5.41) is 5.39. The van der Waals surface area contributed by atoms with E-state index in [1.165, 1.54) is 39.1 Å². The van der Waals surface area contributed by atoms with Crippen molar-refractivity contribution in [3.8, 4) is 0 Å². The average molecular weight is 639 g/mol. The molecule has 7 rings (SSSR count). The van der Waals surface area contributed by atoms with Gasteiger partial charge in [-0.3, -0.25) is 0 Å². The molecule has 40 heavy (non-hydrogen) atoms. The van der Waals surface area contributed by atoms with Crippen LogP contribution in [-0.2, 0) is 25.3 Å². The van der Waals surface area contributed by atoms with E-state index in [2.05, 4.69) is 123 Å². The molecule has 0 fully saturated rings. The molecule has 0 N–H and O–H groups in total. The van der Waals surface area contributed by atoms with E-state index in [0.717, 1.165) is 14.3 Å². The molecule has 0 nitrogen and oxygen atoms in total. The predicted molar refractivity (Wildman–Crippen MR) is 173 cm³/mol. The summed E-state index contributed by atoms with van der Waals surface area (Å²) in [6.07, 6.45) is 5.72. The average Bonchev–Trinajstić information content (AvgIpc) is 3.58. The van der Waals surface area contributed by atoms with Gasteiger partial charge in [-0.25, -0.2) is 0 Å². The summed E-state index contributed by atoms with van der Waals surface area (Å²) < 4.78 is 1.15. The Kier molecular flexibility index (Phi) is 9.49. The molecule has 0 saturated carbocycles. The Morgan fingerprint density at radius 3 is 1.70 bits per heavy atom. The third-order valence-corrected chi connectivity index (χ3v) is 11.7. The number of hydrogen-bond acceptors (Lipinski definition) is 0. The number of fused-ring (bicyclic) bond motifs is 4. The molecule has 6 aromatic carbocycles. The molecule has 0 unspecified atom stereocenters. The van der Waals surface area contributed by atoms with Crippen molar-refractivity contribution in [1.82, 2.24) is 0 Å². The quantitative estimate of drug-likeness (QED) is 0.166. The molecule has 1 aliphatic carbocycles. The van der Waals surface area contributed by atoms with Crippen molar-refractivity contribution in [2.24, 2.45) is 5.41 Å². The van der Waals surface area contributed by atoms with Crippen molar-refractivity contribution >= 4 is 47.9 Å². The van der Waals surface area contributed by atoms with Crippen LogP contribution < -0.4 is 0 Å². The third kappa shape index (κ3) is 7.08. The molecule has 0 atom stereocenters. The van der Waals surface area contributed by atoms with Gasteiger partial charge in [0.25, 0.3) is 0 Å². The fraction of sp³-hybridized carbons (Fsp3) is 0.108. The van der Waals surface area contributed by atoms with Crippen LogP contribution in [0.15, 0.2) is 140 Å². The van der Waals surface area contributed by atoms with Gasteiger partial charge < -0.3 is 0 Å². The Morgan fingerprint density at radius 2 is 1.18 bits per heavy atom. The topological polar surface area (TPSA) is 0 Å². The molecular formula is C37H32Cl2Zr-2. The monoisotopic (exact) mass is 636 g/mol. The molecule has 6 aromatic rings. The first kappa shape index (κ1) is 28.7. The van der Waals surface area contributed by atoms with Gasteiger partial charge >= 0.3 is 111 Å². The van der Waals surface area contributed by atoms with E-state index in [0.29, 0.717) is 5.41 Å². The Morgan fingerprint density at radius 1 is 0.675 bits per heavy atom. The zero-order chi connectivity index (χ0) is 28.0.